The first-order chi connectivity index (χ1) is 9.29. The fourth-order valence-electron chi connectivity index (χ4n) is 2.96. The second-order valence-corrected chi connectivity index (χ2v) is 6.07. The fraction of sp³-hybridized carbons (Fsp3) is 0.294. The second-order valence-electron chi connectivity index (χ2n) is 5.08. The van der Waals surface area contributed by atoms with Gasteiger partial charge < -0.3 is 4.74 Å². The molecule has 0 amide bonds. The minimum Gasteiger partial charge on any atom is -0.496 e. The predicted octanol–water partition coefficient (Wildman–Crippen LogP) is 4.55. The fourth-order valence-corrected chi connectivity index (χ4v) is 3.78. The number of halogens is 1. The summed E-state index contributed by atoms with van der Waals surface area (Å²) in [7, 11) is 1.74. The average Bonchev–Trinajstić information content (AvgIpc) is 2.77. The summed E-state index contributed by atoms with van der Waals surface area (Å²) in [6.07, 6.45) is 2.19. The van der Waals surface area contributed by atoms with Gasteiger partial charge in [-0.1, -0.05) is 58.4 Å². The first kappa shape index (κ1) is 12.7. The van der Waals surface area contributed by atoms with Gasteiger partial charge in [-0.05, 0) is 41.5 Å². The first-order valence-electron chi connectivity index (χ1n) is 6.63. The number of para-hydroxylation sites is 1. The summed E-state index contributed by atoms with van der Waals surface area (Å²) in [5.41, 5.74) is 4.22. The van der Waals surface area contributed by atoms with E-state index < -0.39 is 0 Å². The standard InChI is InChI=1S/C17H17BrO/c1-19-16-9-5-3-7-13(16)11-14-10-12-6-2-4-8-15(12)17(14)18/h2-9,14,17H,10-11H2,1H3. The Morgan fingerprint density at radius 3 is 2.63 bits per heavy atom. The molecule has 98 valence electrons. The molecule has 2 heteroatoms. The van der Waals surface area contributed by atoms with Gasteiger partial charge in [0.2, 0.25) is 0 Å². The van der Waals surface area contributed by atoms with Gasteiger partial charge in [-0.25, -0.2) is 0 Å². The topological polar surface area (TPSA) is 9.23 Å². The number of alkyl halides is 1. The summed E-state index contributed by atoms with van der Waals surface area (Å²) in [5.74, 6) is 1.60. The molecule has 0 spiro atoms. The Kier molecular flexibility index (Phi) is 3.61. The maximum absolute atomic E-state index is 5.45. The van der Waals surface area contributed by atoms with Crippen LogP contribution in [0.2, 0.25) is 0 Å². The number of hydrogen-bond donors (Lipinski definition) is 0. The normalized spacial score (nSPS) is 21.2. The van der Waals surface area contributed by atoms with Gasteiger partial charge in [-0.3, -0.25) is 0 Å². The molecule has 19 heavy (non-hydrogen) atoms. The van der Waals surface area contributed by atoms with Crippen LogP contribution in [0, 0.1) is 5.92 Å². The third-order valence-corrected chi connectivity index (χ3v) is 5.16. The van der Waals surface area contributed by atoms with E-state index in [-0.39, 0.29) is 0 Å². The van der Waals surface area contributed by atoms with Crippen molar-refractivity contribution in [1.82, 2.24) is 0 Å². The van der Waals surface area contributed by atoms with Crippen LogP contribution >= 0.6 is 15.9 Å². The van der Waals surface area contributed by atoms with Crippen LogP contribution in [-0.2, 0) is 12.8 Å². The molecule has 0 bridgehead atoms. The maximum Gasteiger partial charge on any atom is 0.122 e. The Hall–Kier alpha value is -1.28. The highest BCUT2D eigenvalue weighted by molar-refractivity contribution is 9.09. The molecule has 0 fully saturated rings. The molecule has 1 nitrogen and oxygen atoms in total. The van der Waals surface area contributed by atoms with Gasteiger partial charge >= 0.3 is 0 Å². The van der Waals surface area contributed by atoms with Gasteiger partial charge in [0.1, 0.15) is 5.75 Å². The smallest absolute Gasteiger partial charge is 0.122 e. The molecule has 2 unspecified atom stereocenters. The van der Waals surface area contributed by atoms with Crippen molar-refractivity contribution in [2.75, 3.05) is 7.11 Å². The molecule has 0 saturated carbocycles. The van der Waals surface area contributed by atoms with E-state index in [1.165, 1.54) is 16.7 Å². The third-order valence-electron chi connectivity index (χ3n) is 3.92. The zero-order chi connectivity index (χ0) is 13.2. The SMILES string of the molecule is COc1ccccc1CC1Cc2ccccc2C1Br. The molecular formula is C17H17BrO. The Labute approximate surface area is 122 Å². The van der Waals surface area contributed by atoms with Crippen LogP contribution in [0.5, 0.6) is 5.75 Å². The molecule has 1 aliphatic carbocycles. The van der Waals surface area contributed by atoms with Gasteiger partial charge in [0.05, 0.1) is 7.11 Å². The molecule has 1 aliphatic rings. The van der Waals surface area contributed by atoms with Gasteiger partial charge in [-0.2, -0.15) is 0 Å². The molecule has 0 N–H and O–H groups in total. The van der Waals surface area contributed by atoms with E-state index in [1.54, 1.807) is 7.11 Å². The summed E-state index contributed by atoms with van der Waals surface area (Å²) >= 11 is 3.87. The number of ether oxygens (including phenoxy) is 1. The quantitative estimate of drug-likeness (QED) is 0.755. The van der Waals surface area contributed by atoms with Gasteiger partial charge in [0.25, 0.3) is 0 Å². The molecular weight excluding hydrogens is 300 g/mol. The molecule has 2 aromatic rings. The van der Waals surface area contributed by atoms with E-state index in [1.807, 2.05) is 12.1 Å². The van der Waals surface area contributed by atoms with Crippen LogP contribution in [0.25, 0.3) is 0 Å². The summed E-state index contributed by atoms with van der Waals surface area (Å²) in [6, 6.07) is 17.0. The summed E-state index contributed by atoms with van der Waals surface area (Å²) < 4.78 is 5.45. The maximum atomic E-state index is 5.45. The van der Waals surface area contributed by atoms with E-state index in [2.05, 4.69) is 52.3 Å². The predicted molar refractivity (Wildman–Crippen MR) is 82.0 cm³/mol. The Morgan fingerprint density at radius 2 is 1.84 bits per heavy atom. The molecule has 3 rings (SSSR count). The van der Waals surface area contributed by atoms with E-state index in [4.69, 9.17) is 4.74 Å². The lowest BCUT2D eigenvalue weighted by atomic mass is 9.96. The van der Waals surface area contributed by atoms with Crippen LogP contribution in [0.3, 0.4) is 0 Å². The molecule has 2 aromatic carbocycles. The van der Waals surface area contributed by atoms with Crippen LogP contribution in [0.1, 0.15) is 21.5 Å². The molecule has 0 aliphatic heterocycles. The first-order valence-corrected chi connectivity index (χ1v) is 7.55. The van der Waals surface area contributed by atoms with Crippen molar-refractivity contribution in [2.45, 2.75) is 17.7 Å². The Bertz CT molecular complexity index is 579. The monoisotopic (exact) mass is 316 g/mol. The van der Waals surface area contributed by atoms with Crippen molar-refractivity contribution in [3.8, 4) is 5.75 Å². The highest BCUT2D eigenvalue weighted by Crippen LogP contribution is 2.44. The lowest BCUT2D eigenvalue weighted by Gasteiger charge is -2.16. The van der Waals surface area contributed by atoms with E-state index >= 15 is 0 Å². The van der Waals surface area contributed by atoms with E-state index in [9.17, 15) is 0 Å². The van der Waals surface area contributed by atoms with Crippen molar-refractivity contribution in [1.29, 1.82) is 0 Å². The average molecular weight is 317 g/mol. The van der Waals surface area contributed by atoms with Crippen molar-refractivity contribution >= 4 is 15.9 Å². The third kappa shape index (κ3) is 2.42. The van der Waals surface area contributed by atoms with Crippen molar-refractivity contribution in [2.24, 2.45) is 5.92 Å². The van der Waals surface area contributed by atoms with Gasteiger partial charge in [0, 0.05) is 4.83 Å². The van der Waals surface area contributed by atoms with Crippen molar-refractivity contribution < 1.29 is 4.74 Å². The number of benzene rings is 2. The number of methoxy groups -OCH3 is 1. The number of fused-ring (bicyclic) bond motifs is 1. The second kappa shape index (κ2) is 5.38. The summed E-state index contributed by atoms with van der Waals surface area (Å²) in [4.78, 5) is 0.452. The van der Waals surface area contributed by atoms with Crippen LogP contribution in [0.15, 0.2) is 48.5 Å². The lowest BCUT2D eigenvalue weighted by molar-refractivity contribution is 0.404. The summed E-state index contributed by atoms with van der Waals surface area (Å²) in [5, 5.41) is 0. The highest BCUT2D eigenvalue weighted by Gasteiger charge is 2.30. The highest BCUT2D eigenvalue weighted by atomic mass is 79.9. The van der Waals surface area contributed by atoms with Crippen LogP contribution in [0.4, 0.5) is 0 Å². The molecule has 2 atom stereocenters. The van der Waals surface area contributed by atoms with Crippen LogP contribution < -0.4 is 4.74 Å². The van der Waals surface area contributed by atoms with Crippen LogP contribution in [-0.4, -0.2) is 7.11 Å². The Morgan fingerprint density at radius 1 is 1.11 bits per heavy atom. The van der Waals surface area contributed by atoms with Gasteiger partial charge in [-0.15, -0.1) is 0 Å². The van der Waals surface area contributed by atoms with E-state index in [0.717, 1.165) is 18.6 Å². The zero-order valence-corrected chi connectivity index (χ0v) is 12.6. The molecule has 0 saturated heterocycles. The van der Waals surface area contributed by atoms with E-state index in [0.29, 0.717) is 10.7 Å². The lowest BCUT2D eigenvalue weighted by Crippen LogP contribution is -2.07. The molecule has 0 heterocycles. The molecule has 0 aromatic heterocycles. The van der Waals surface area contributed by atoms with Crippen molar-refractivity contribution in [3.05, 3.63) is 65.2 Å². The molecule has 0 radical (unpaired) electrons. The minimum atomic E-state index is 0.452. The minimum absolute atomic E-state index is 0.452. The van der Waals surface area contributed by atoms with Crippen molar-refractivity contribution in [3.63, 3.8) is 0 Å². The number of hydrogen-bond acceptors (Lipinski definition) is 1. The summed E-state index contributed by atoms with van der Waals surface area (Å²) in [6.45, 7) is 0. The van der Waals surface area contributed by atoms with Gasteiger partial charge in [0.15, 0.2) is 0 Å². The largest absolute Gasteiger partial charge is 0.496 e. The number of rotatable bonds is 3. The zero-order valence-electron chi connectivity index (χ0n) is 11.0. The Balaban J connectivity index is 1.83.